The largest absolute Gasteiger partial charge is 0.393 e. The molecule has 4 aliphatic rings. The Hall–Kier alpha value is -3.99. The fraction of sp³-hybridized carbons (Fsp3) is 0.516. The molecule has 0 radical (unpaired) electrons. The second-order valence-electron chi connectivity index (χ2n) is 12.2. The Morgan fingerprint density at radius 2 is 1.79 bits per heavy atom. The molecule has 1 saturated heterocycles. The van der Waals surface area contributed by atoms with Gasteiger partial charge in [-0.25, -0.2) is 0 Å². The number of carbonyl (C=O) groups excluding carboxylic acids is 2. The van der Waals surface area contributed by atoms with Gasteiger partial charge in [0.05, 0.1) is 41.0 Å². The lowest BCUT2D eigenvalue weighted by atomic mass is 9.91. The van der Waals surface area contributed by atoms with Gasteiger partial charge in [-0.05, 0) is 71.1 Å². The van der Waals surface area contributed by atoms with Gasteiger partial charge in [0.25, 0.3) is 5.91 Å². The second kappa shape index (κ2) is 11.4. The van der Waals surface area contributed by atoms with Gasteiger partial charge >= 0.3 is 0 Å². The lowest BCUT2D eigenvalue weighted by Gasteiger charge is -2.39. The van der Waals surface area contributed by atoms with E-state index in [9.17, 15) is 9.59 Å². The number of para-hydroxylation sites is 1. The van der Waals surface area contributed by atoms with E-state index >= 15 is 0 Å². The van der Waals surface area contributed by atoms with Crippen LogP contribution in [0.1, 0.15) is 69.6 Å². The number of carbonyl (C=O) groups is 2. The van der Waals surface area contributed by atoms with E-state index in [-0.39, 0.29) is 41.3 Å². The minimum absolute atomic E-state index is 0.00162. The number of rotatable bonds is 9. The van der Waals surface area contributed by atoms with Crippen molar-refractivity contribution in [3.05, 3.63) is 53.4 Å². The van der Waals surface area contributed by atoms with Gasteiger partial charge in [-0.3, -0.25) is 14.3 Å². The fourth-order valence-electron chi connectivity index (χ4n) is 6.21. The second-order valence-corrected chi connectivity index (χ2v) is 12.2. The number of likely N-dealkylation sites (tertiary alicyclic amines) is 1. The zero-order chi connectivity index (χ0) is 29.5. The number of aromatic nitrogens is 2. The molecular weight excluding hydrogens is 530 g/mol. The van der Waals surface area contributed by atoms with Crippen molar-refractivity contribution in [1.82, 2.24) is 25.3 Å². The Labute approximate surface area is 247 Å². The van der Waals surface area contributed by atoms with Crippen LogP contribution in [0.5, 0.6) is 0 Å². The number of nitrogens with two attached hydrogens (primary N) is 2. The van der Waals surface area contributed by atoms with Crippen molar-refractivity contribution in [2.45, 2.75) is 70.0 Å². The van der Waals surface area contributed by atoms with Crippen molar-refractivity contribution in [1.29, 1.82) is 0 Å². The highest BCUT2D eigenvalue weighted by Crippen LogP contribution is 2.49. The number of amides is 2. The Morgan fingerprint density at radius 1 is 1.05 bits per heavy atom. The minimum Gasteiger partial charge on any atom is -0.393 e. The van der Waals surface area contributed by atoms with Crippen molar-refractivity contribution >= 4 is 23.2 Å². The average molecular weight is 574 g/mol. The summed E-state index contributed by atoms with van der Waals surface area (Å²) >= 11 is 0. The Kier molecular flexibility index (Phi) is 7.61. The molecule has 3 heterocycles. The molecule has 11 nitrogen and oxygen atoms in total. The van der Waals surface area contributed by atoms with Crippen molar-refractivity contribution in [3.63, 3.8) is 0 Å². The molecule has 2 saturated carbocycles. The van der Waals surface area contributed by atoms with E-state index in [2.05, 4.69) is 57.5 Å². The molecule has 1 unspecified atom stereocenters. The first-order valence-corrected chi connectivity index (χ1v) is 15.2. The van der Waals surface area contributed by atoms with Crippen LogP contribution in [0.2, 0.25) is 0 Å². The summed E-state index contributed by atoms with van der Waals surface area (Å²) in [6.45, 7) is 4.34. The summed E-state index contributed by atoms with van der Waals surface area (Å²) in [7, 11) is 4.29. The Morgan fingerprint density at radius 3 is 2.45 bits per heavy atom. The maximum atomic E-state index is 13.0. The molecule has 2 aliphatic carbocycles. The molecule has 0 bridgehead atoms. The molecule has 6 rings (SSSR count). The highest BCUT2D eigenvalue weighted by Gasteiger charge is 2.36. The van der Waals surface area contributed by atoms with Crippen LogP contribution in [-0.4, -0.2) is 59.7 Å². The lowest BCUT2D eigenvalue weighted by molar-refractivity contribution is -0.121. The predicted molar refractivity (Wildman–Crippen MR) is 164 cm³/mol. The van der Waals surface area contributed by atoms with Crippen molar-refractivity contribution in [2.24, 2.45) is 17.4 Å². The third kappa shape index (κ3) is 5.57. The van der Waals surface area contributed by atoms with Gasteiger partial charge in [0, 0.05) is 36.2 Å². The van der Waals surface area contributed by atoms with Gasteiger partial charge in [-0.2, -0.15) is 5.10 Å². The van der Waals surface area contributed by atoms with Crippen LogP contribution in [0.3, 0.4) is 0 Å². The molecule has 1 aromatic carbocycles. The number of allylic oxidation sites excluding steroid dienone is 1. The number of nitrogens with zero attached hydrogens (tertiary/aromatic N) is 4. The molecule has 3 fully saturated rings. The third-order valence-electron chi connectivity index (χ3n) is 8.95. The molecule has 2 aromatic rings. The number of nitrogens with one attached hydrogen (secondary N) is 3. The Balaban J connectivity index is 1.37. The van der Waals surface area contributed by atoms with Crippen LogP contribution < -0.4 is 32.3 Å². The van der Waals surface area contributed by atoms with E-state index in [0.29, 0.717) is 11.7 Å². The summed E-state index contributed by atoms with van der Waals surface area (Å²) < 4.78 is 2.27. The van der Waals surface area contributed by atoms with Gasteiger partial charge in [0.1, 0.15) is 11.5 Å². The molecule has 42 heavy (non-hydrogen) atoms. The molecule has 224 valence electrons. The zero-order valence-corrected chi connectivity index (χ0v) is 24.8. The van der Waals surface area contributed by atoms with E-state index in [1.165, 1.54) is 5.69 Å². The number of hydrogen-bond donors (Lipinski definition) is 5. The van der Waals surface area contributed by atoms with Crippen LogP contribution in [0.25, 0.3) is 11.1 Å². The molecule has 2 amide bonds. The molecule has 0 spiro atoms. The van der Waals surface area contributed by atoms with Gasteiger partial charge < -0.3 is 37.2 Å². The number of hydrogen-bond acceptors (Lipinski definition) is 8. The number of anilines is 2. The first-order valence-electron chi connectivity index (χ1n) is 15.2. The molecule has 7 N–H and O–H groups in total. The summed E-state index contributed by atoms with van der Waals surface area (Å²) in [5.74, 6) is -0.328. The van der Waals surface area contributed by atoms with E-state index in [1.807, 2.05) is 18.3 Å². The van der Waals surface area contributed by atoms with E-state index in [4.69, 9.17) is 16.6 Å². The van der Waals surface area contributed by atoms with E-state index < -0.39 is 0 Å². The maximum absolute atomic E-state index is 13.0. The monoisotopic (exact) mass is 573 g/mol. The first kappa shape index (κ1) is 28.1. The lowest BCUT2D eigenvalue weighted by Crippen LogP contribution is -2.35. The molecule has 1 atom stereocenters. The van der Waals surface area contributed by atoms with Crippen LogP contribution in [-0.2, 0) is 9.59 Å². The summed E-state index contributed by atoms with van der Waals surface area (Å²) in [5, 5.41) is 14.1. The SMILES string of the molecule is CCC1c2c(cnn2C2CCN(C)CC2)-c2cccc(NC(/C=C(\N)NC(=O)C3CC3)=C(/N)C(=O)NC3CC3)c2N1C. The van der Waals surface area contributed by atoms with Gasteiger partial charge in [0.15, 0.2) is 0 Å². The highest BCUT2D eigenvalue weighted by molar-refractivity contribution is 5.96. The van der Waals surface area contributed by atoms with Crippen LogP contribution >= 0.6 is 0 Å². The standard InChI is InChI=1S/C31H43N9O2/c1-4-25-29-22(17-34-40(29)20-12-14-38(2)15-13-20)21-6-5-7-23(28(21)39(25)3)36-24(27(33)31(42)35-19-10-11-19)16-26(32)37-30(41)18-8-9-18/h5-7,16-20,25,36H,4,8-15,32-33H2,1-3H3,(H,35,42)(H,37,41)/b26-16+,27-24+. The summed E-state index contributed by atoms with van der Waals surface area (Å²) in [5.41, 5.74) is 18.3. The van der Waals surface area contributed by atoms with E-state index in [0.717, 1.165) is 80.5 Å². The normalized spacial score (nSPS) is 21.7. The Bertz CT molecular complexity index is 1430. The topological polar surface area (TPSA) is 147 Å². The predicted octanol–water partition coefficient (Wildman–Crippen LogP) is 2.90. The van der Waals surface area contributed by atoms with Crippen LogP contribution in [0, 0.1) is 5.92 Å². The van der Waals surface area contributed by atoms with Gasteiger partial charge in [-0.1, -0.05) is 19.1 Å². The van der Waals surface area contributed by atoms with Crippen LogP contribution in [0.15, 0.2) is 47.7 Å². The van der Waals surface area contributed by atoms with Gasteiger partial charge in [-0.15, -0.1) is 0 Å². The van der Waals surface area contributed by atoms with Crippen molar-refractivity contribution < 1.29 is 9.59 Å². The molecular formula is C31H43N9O2. The van der Waals surface area contributed by atoms with Crippen molar-refractivity contribution in [2.75, 3.05) is 37.4 Å². The molecule has 11 heteroatoms. The van der Waals surface area contributed by atoms with E-state index in [1.54, 1.807) is 6.08 Å². The number of piperidine rings is 1. The van der Waals surface area contributed by atoms with Crippen LogP contribution in [0.4, 0.5) is 11.4 Å². The first-order chi connectivity index (χ1) is 20.2. The van der Waals surface area contributed by atoms with Crippen molar-refractivity contribution in [3.8, 4) is 11.1 Å². The number of benzene rings is 1. The summed E-state index contributed by atoms with van der Waals surface area (Å²) in [6.07, 6.45) is 10.2. The minimum atomic E-state index is -0.358. The average Bonchev–Trinajstić information content (AvgIpc) is 3.91. The highest BCUT2D eigenvalue weighted by atomic mass is 16.2. The zero-order valence-electron chi connectivity index (χ0n) is 24.8. The number of fused-ring (bicyclic) bond motifs is 3. The fourth-order valence-corrected chi connectivity index (χ4v) is 6.21. The van der Waals surface area contributed by atoms with Gasteiger partial charge in [0.2, 0.25) is 5.91 Å². The maximum Gasteiger partial charge on any atom is 0.269 e. The molecule has 2 aliphatic heterocycles. The summed E-state index contributed by atoms with van der Waals surface area (Å²) in [4.78, 5) is 30.1. The summed E-state index contributed by atoms with van der Waals surface area (Å²) in [6, 6.07) is 6.75. The molecule has 1 aromatic heterocycles. The third-order valence-corrected chi connectivity index (χ3v) is 8.95. The quantitative estimate of drug-likeness (QED) is 0.227. The smallest absolute Gasteiger partial charge is 0.269 e.